The van der Waals surface area contributed by atoms with Crippen molar-refractivity contribution in [1.29, 1.82) is 5.26 Å². The maximum absolute atomic E-state index is 14.6. The number of hydrogen-bond donors (Lipinski definition) is 0. The highest BCUT2D eigenvalue weighted by Gasteiger charge is 2.38. The topological polar surface area (TPSA) is 240 Å². The van der Waals surface area contributed by atoms with Gasteiger partial charge >= 0.3 is 0 Å². The SMILES string of the molecule is CC#CC(=O)N1CCCC[C@H]1c1nc(-c2ccc(Oc3cccc(OC)c3F)cc2)c2c(C3CC3)nccn12.CC#CC(=O)N1CC[C@@H](c2nc(-c3ccc(Oc4cccc(OC)c4F)cc3)c3cncc(OC)n23)C1.COc1cccc(Oc2ccc(-c3nc([C@@H]4CCN(C(=O)/C(C#N)=C/C(C)(C)C)C4)n4ccnc(C)c34)cc2)c1F. The van der Waals surface area contributed by atoms with Gasteiger partial charge in [-0.1, -0.05) is 56.9 Å². The van der Waals surface area contributed by atoms with Crippen LogP contribution in [0.3, 0.4) is 0 Å². The van der Waals surface area contributed by atoms with Gasteiger partial charge < -0.3 is 47.9 Å². The molecule has 1 saturated carbocycles. The van der Waals surface area contributed by atoms with Gasteiger partial charge in [0, 0.05) is 92.0 Å². The lowest BCUT2D eigenvalue weighted by Crippen LogP contribution is -2.38. The number of ether oxygens (including phenoxy) is 7. The van der Waals surface area contributed by atoms with Crippen molar-refractivity contribution >= 4 is 34.3 Å². The quantitative estimate of drug-likeness (QED) is 0.0440. The second kappa shape index (κ2) is 35.0. The van der Waals surface area contributed by atoms with Gasteiger partial charge in [0.05, 0.1) is 91.9 Å². The van der Waals surface area contributed by atoms with Crippen LogP contribution in [0, 0.1) is 64.8 Å². The first kappa shape index (κ1) is 80.0. The number of carbonyl (C=O) groups is 3. The number of allylic oxidation sites excluding steroid dienone is 1. The minimum absolute atomic E-state index is 0.00442. The third kappa shape index (κ3) is 17.1. The molecule has 0 unspecified atom stereocenters. The fraction of sp³-hybridized carbons (Fsp3) is 0.297. The van der Waals surface area contributed by atoms with E-state index < -0.39 is 17.5 Å². The Morgan fingerprint density at radius 3 is 1.52 bits per heavy atom. The number of halogens is 3. The molecule has 4 fully saturated rings. The lowest BCUT2D eigenvalue weighted by Gasteiger charge is -2.33. The highest BCUT2D eigenvalue weighted by atomic mass is 19.1. The third-order valence-corrected chi connectivity index (χ3v) is 20.7. The zero-order valence-corrected chi connectivity index (χ0v) is 66.5. The maximum Gasteiger partial charge on any atom is 0.299 e. The number of carbonyl (C=O) groups excluding carboxylic acids is 3. The van der Waals surface area contributed by atoms with Crippen molar-refractivity contribution in [1.82, 2.24) is 57.8 Å². The summed E-state index contributed by atoms with van der Waals surface area (Å²) in [7, 11) is 5.83. The number of amides is 3. The number of hydrogen-bond acceptors (Lipinski definition) is 17. The van der Waals surface area contributed by atoms with Gasteiger partial charge in [-0.05, 0) is 192 Å². The summed E-state index contributed by atoms with van der Waals surface area (Å²) in [6.07, 6.45) is 19.0. The number of piperidine rings is 1. The van der Waals surface area contributed by atoms with E-state index in [2.05, 4.69) is 44.1 Å². The molecule has 3 aliphatic heterocycles. The number of nitrogens with zero attached hydrogens (tertiary/aromatic N) is 13. The average molecular weight is 1580 g/mol. The first-order valence-corrected chi connectivity index (χ1v) is 38.5. The number of aryl methyl sites for hydroxylation is 1. The largest absolute Gasteiger partial charge is 0.494 e. The number of imidazole rings is 3. The van der Waals surface area contributed by atoms with Crippen LogP contribution in [0.1, 0.15) is 132 Å². The van der Waals surface area contributed by atoms with Crippen LogP contribution >= 0.6 is 0 Å². The van der Waals surface area contributed by atoms with Crippen molar-refractivity contribution < 1.29 is 60.7 Å². The summed E-state index contributed by atoms with van der Waals surface area (Å²) in [4.78, 5) is 72.5. The molecular weight excluding hydrogens is 1490 g/mol. The zero-order valence-electron chi connectivity index (χ0n) is 66.5. The number of aromatic nitrogens is 9. The summed E-state index contributed by atoms with van der Waals surface area (Å²) in [5.41, 5.74) is 9.27. The molecular formula is C91H86F3N13O10. The lowest BCUT2D eigenvalue weighted by atomic mass is 9.93. The van der Waals surface area contributed by atoms with Crippen molar-refractivity contribution in [3.8, 4) is 121 Å². The molecule has 6 aromatic carbocycles. The van der Waals surface area contributed by atoms with Crippen LogP contribution in [0.5, 0.6) is 57.6 Å². The van der Waals surface area contributed by atoms with Crippen LogP contribution < -0.4 is 33.2 Å². The predicted octanol–water partition coefficient (Wildman–Crippen LogP) is 17.4. The summed E-state index contributed by atoms with van der Waals surface area (Å²) in [6, 6.07) is 38.2. The van der Waals surface area contributed by atoms with Crippen LogP contribution in [-0.4, -0.2) is 137 Å². The van der Waals surface area contributed by atoms with E-state index in [1.54, 1.807) is 134 Å². The summed E-state index contributed by atoms with van der Waals surface area (Å²) >= 11 is 0. The number of nitriles is 1. The molecule has 0 bridgehead atoms. The minimum Gasteiger partial charge on any atom is -0.494 e. The number of fused-ring (bicyclic) bond motifs is 3. The fourth-order valence-corrected chi connectivity index (χ4v) is 15.0. The summed E-state index contributed by atoms with van der Waals surface area (Å²) in [5, 5.41) is 9.62. The molecule has 23 nitrogen and oxygen atoms in total. The Morgan fingerprint density at radius 2 is 1.00 bits per heavy atom. The van der Waals surface area contributed by atoms with E-state index in [1.807, 2.05) is 96.4 Å². The van der Waals surface area contributed by atoms with Crippen LogP contribution in [-0.2, 0) is 14.4 Å². The van der Waals surface area contributed by atoms with Crippen LogP contribution in [0.4, 0.5) is 13.2 Å². The molecule has 0 radical (unpaired) electrons. The molecule has 16 rings (SSSR count). The maximum atomic E-state index is 14.6. The summed E-state index contributed by atoms with van der Waals surface area (Å²) in [6.45, 7) is 14.0. The summed E-state index contributed by atoms with van der Waals surface area (Å²) < 4.78 is 87.9. The Kier molecular flexibility index (Phi) is 23.9. The minimum atomic E-state index is -0.564. The number of benzene rings is 6. The molecule has 26 heteroatoms. The van der Waals surface area contributed by atoms with Gasteiger partial charge in [-0.2, -0.15) is 18.4 Å². The second-order valence-electron chi connectivity index (χ2n) is 29.6. The van der Waals surface area contributed by atoms with E-state index in [0.29, 0.717) is 61.8 Å². The molecule has 6 aromatic heterocycles. The molecule has 0 N–H and O–H groups in total. The van der Waals surface area contributed by atoms with Crippen LogP contribution in [0.2, 0.25) is 0 Å². The molecule has 3 atom stereocenters. The van der Waals surface area contributed by atoms with E-state index in [-0.39, 0.29) is 81.1 Å². The first-order chi connectivity index (χ1) is 56.7. The van der Waals surface area contributed by atoms with E-state index in [1.165, 1.54) is 33.5 Å². The third-order valence-electron chi connectivity index (χ3n) is 20.7. The molecule has 117 heavy (non-hydrogen) atoms. The normalized spacial score (nSPS) is 15.8. The number of likely N-dealkylation sites (tertiary alicyclic amines) is 3. The highest BCUT2D eigenvalue weighted by molar-refractivity contribution is 5.98. The Balaban J connectivity index is 0.000000145. The second-order valence-corrected chi connectivity index (χ2v) is 29.6. The van der Waals surface area contributed by atoms with E-state index in [0.717, 1.165) is 124 Å². The van der Waals surface area contributed by atoms with Gasteiger partial charge in [0.1, 0.15) is 46.4 Å². The number of methoxy groups -OCH3 is 4. The monoisotopic (exact) mass is 1580 g/mol. The molecule has 1 aliphatic carbocycles. The van der Waals surface area contributed by atoms with Crippen molar-refractivity contribution in [2.75, 3.05) is 61.2 Å². The summed E-state index contributed by atoms with van der Waals surface area (Å²) in [5.74, 6) is 14.0. The molecule has 9 heterocycles. The van der Waals surface area contributed by atoms with Crippen LogP contribution in [0.15, 0.2) is 176 Å². The van der Waals surface area contributed by atoms with E-state index in [4.69, 9.17) is 53.1 Å². The molecule has 3 amide bonds. The lowest BCUT2D eigenvalue weighted by molar-refractivity contribution is -0.129. The Labute approximate surface area is 675 Å². The van der Waals surface area contributed by atoms with Gasteiger partial charge in [0.25, 0.3) is 17.7 Å². The fourth-order valence-electron chi connectivity index (χ4n) is 15.0. The highest BCUT2D eigenvalue weighted by Crippen LogP contribution is 2.46. The number of rotatable bonds is 18. The smallest absolute Gasteiger partial charge is 0.299 e. The molecule has 4 aliphatic rings. The molecule has 12 aromatic rings. The van der Waals surface area contributed by atoms with E-state index in [9.17, 15) is 32.8 Å². The van der Waals surface area contributed by atoms with Gasteiger partial charge in [0.2, 0.25) is 23.3 Å². The Hall–Kier alpha value is -13.7. The molecule has 3 saturated heterocycles. The molecule has 0 spiro atoms. The molecule has 596 valence electrons. The van der Waals surface area contributed by atoms with Crippen molar-refractivity contribution in [2.45, 2.75) is 110 Å². The van der Waals surface area contributed by atoms with Gasteiger partial charge in [-0.3, -0.25) is 42.5 Å². The zero-order chi connectivity index (χ0) is 82.2. The van der Waals surface area contributed by atoms with Gasteiger partial charge in [-0.25, -0.2) is 15.0 Å². The van der Waals surface area contributed by atoms with Crippen molar-refractivity contribution in [2.24, 2.45) is 5.41 Å². The van der Waals surface area contributed by atoms with Gasteiger partial charge in [0.15, 0.2) is 34.5 Å². The van der Waals surface area contributed by atoms with Crippen LogP contribution in [0.25, 0.3) is 50.3 Å². The average Bonchev–Trinajstić information content (AvgIpc) is 1.60. The Bertz CT molecular complexity index is 5940. The first-order valence-electron chi connectivity index (χ1n) is 38.5. The predicted molar refractivity (Wildman–Crippen MR) is 434 cm³/mol. The van der Waals surface area contributed by atoms with Crippen molar-refractivity contribution in [3.05, 3.63) is 223 Å². The Morgan fingerprint density at radius 1 is 0.521 bits per heavy atom. The van der Waals surface area contributed by atoms with Gasteiger partial charge in [-0.15, -0.1) is 0 Å². The van der Waals surface area contributed by atoms with E-state index >= 15 is 0 Å². The standard InChI is InChI=1S/C32H32FN5O3.C31H29FN4O3.C28H25FN4O4/c1-20-29-28(21-9-11-24(12-10-21)41-26-8-6-7-25(40-5)27(26)33)36-30(38(29)16-14-35-20)22-13-15-37(19-22)31(39)23(18-34)17-32(2,3)4;1-3-7-26(37)35-18-5-4-8-23(35)31-34-29(30-28(20-11-12-20)33-17-19-36(30)31)21-13-15-22(16-14-21)39-25-10-6-9-24(38-2)27(25)32;1-4-6-24(34)32-14-13-19(17-32)28-31-27(21-15-30-16-25(36-3)33(21)28)18-9-11-20(12-10-18)37-23-8-5-7-22(35-2)26(23)29/h6-12,14,16-17,22H,13,15,19H2,1-5H3;6,9-10,13-17,19-20,23H,4-5,8,11-12,18H2,1-2H3;5,7-12,15-16,19H,13-14,17H2,1-3H3/b23-17+;;/t22-;23-;19-/m101/s1. The van der Waals surface area contributed by atoms with Crippen molar-refractivity contribution in [3.63, 3.8) is 0 Å².